The Morgan fingerprint density at radius 3 is 2.45 bits per heavy atom. The number of rotatable bonds is 5. The average Bonchev–Trinajstić information content (AvgIpc) is 3.06. The molecular formula is C16H12ClF5N6O. The molecule has 2 aromatic heterocycles. The van der Waals surface area contributed by atoms with E-state index in [9.17, 15) is 22.0 Å². The fraction of sp³-hybridized carbons (Fsp3) is 0.188. The van der Waals surface area contributed by atoms with Crippen LogP contribution < -0.4 is 15.8 Å². The molecule has 0 aliphatic carbocycles. The molecule has 0 fully saturated rings. The third-order valence-electron chi connectivity index (χ3n) is 3.71. The van der Waals surface area contributed by atoms with Gasteiger partial charge < -0.3 is 15.8 Å². The van der Waals surface area contributed by atoms with E-state index in [1.807, 2.05) is 0 Å². The van der Waals surface area contributed by atoms with Crippen LogP contribution in [0.1, 0.15) is 11.3 Å². The van der Waals surface area contributed by atoms with Crippen LogP contribution in [-0.2, 0) is 12.7 Å². The molecule has 0 aliphatic heterocycles. The third-order valence-corrected chi connectivity index (χ3v) is 3.89. The molecule has 0 amide bonds. The van der Waals surface area contributed by atoms with Crippen molar-refractivity contribution in [3.8, 4) is 11.6 Å². The van der Waals surface area contributed by atoms with Crippen molar-refractivity contribution in [2.45, 2.75) is 12.7 Å². The van der Waals surface area contributed by atoms with Crippen molar-refractivity contribution < 1.29 is 26.7 Å². The van der Waals surface area contributed by atoms with Crippen LogP contribution in [0.5, 0.6) is 5.88 Å². The number of hydrogen-bond donors (Lipinski definition) is 2. The van der Waals surface area contributed by atoms with Crippen LogP contribution in [0.15, 0.2) is 24.4 Å². The molecule has 1 aromatic carbocycles. The van der Waals surface area contributed by atoms with Crippen LogP contribution in [0.3, 0.4) is 0 Å². The summed E-state index contributed by atoms with van der Waals surface area (Å²) in [6, 6.07) is 2.40. The van der Waals surface area contributed by atoms with Gasteiger partial charge in [0.2, 0.25) is 11.2 Å². The van der Waals surface area contributed by atoms with Crippen LogP contribution in [-0.4, -0.2) is 26.9 Å². The fourth-order valence-corrected chi connectivity index (χ4v) is 2.56. The summed E-state index contributed by atoms with van der Waals surface area (Å²) >= 11 is 5.66. The summed E-state index contributed by atoms with van der Waals surface area (Å²) in [5, 5.41) is 5.87. The summed E-state index contributed by atoms with van der Waals surface area (Å²) in [4.78, 5) is 7.51. The molecule has 0 atom stereocenters. The molecule has 0 aliphatic rings. The molecule has 2 heterocycles. The quantitative estimate of drug-likeness (QED) is 0.468. The molecule has 29 heavy (non-hydrogen) atoms. The molecule has 7 nitrogen and oxygen atoms in total. The third kappa shape index (κ3) is 4.31. The van der Waals surface area contributed by atoms with E-state index < -0.39 is 35.1 Å². The summed E-state index contributed by atoms with van der Waals surface area (Å²) in [5.74, 6) is -2.63. The minimum Gasteiger partial charge on any atom is -0.481 e. The normalized spacial score (nSPS) is 11.6. The van der Waals surface area contributed by atoms with Gasteiger partial charge in [-0.3, -0.25) is 0 Å². The molecule has 0 saturated heterocycles. The Bertz CT molecular complexity index is 1030. The van der Waals surface area contributed by atoms with Gasteiger partial charge >= 0.3 is 6.18 Å². The van der Waals surface area contributed by atoms with E-state index >= 15 is 0 Å². The van der Waals surface area contributed by atoms with Gasteiger partial charge in [0, 0.05) is 12.6 Å². The largest absolute Gasteiger partial charge is 0.481 e. The Labute approximate surface area is 165 Å². The van der Waals surface area contributed by atoms with E-state index in [1.165, 1.54) is 6.20 Å². The molecule has 3 aromatic rings. The van der Waals surface area contributed by atoms with Gasteiger partial charge in [0.05, 0.1) is 19.0 Å². The fourth-order valence-electron chi connectivity index (χ4n) is 2.43. The number of nitrogens with one attached hydrogen (secondary N) is 1. The Balaban J connectivity index is 1.92. The SMILES string of the molecule is COc1cc(C(F)(F)F)nn1-c1c(F)cc(CNc2nc(Cl)ncc2N)cc1F. The van der Waals surface area contributed by atoms with Gasteiger partial charge in [0.25, 0.3) is 0 Å². The first-order valence-electron chi connectivity index (χ1n) is 7.81. The summed E-state index contributed by atoms with van der Waals surface area (Å²) in [6.07, 6.45) is -3.56. The minimum absolute atomic E-state index is 0.0827. The number of aromatic nitrogens is 4. The second-order valence-electron chi connectivity index (χ2n) is 5.69. The highest BCUT2D eigenvalue weighted by molar-refractivity contribution is 6.28. The lowest BCUT2D eigenvalue weighted by Gasteiger charge is -2.12. The molecule has 154 valence electrons. The molecular weight excluding hydrogens is 423 g/mol. The second kappa shape index (κ2) is 7.70. The van der Waals surface area contributed by atoms with Gasteiger partial charge in [0.1, 0.15) is 5.69 Å². The standard InChI is InChI=1S/C16H12ClF5N6O/c1-29-12-4-11(16(20,21)22)27-28(12)13-8(18)2-7(3-9(13)19)5-24-14-10(23)6-25-15(17)26-14/h2-4,6H,5,23H2,1H3,(H,24,25,26). The molecule has 0 spiro atoms. The Morgan fingerprint density at radius 1 is 1.21 bits per heavy atom. The minimum atomic E-state index is -4.81. The smallest absolute Gasteiger partial charge is 0.435 e. The monoisotopic (exact) mass is 434 g/mol. The maximum Gasteiger partial charge on any atom is 0.435 e. The molecule has 3 N–H and O–H groups in total. The molecule has 0 unspecified atom stereocenters. The van der Waals surface area contributed by atoms with Crippen LogP contribution in [0.25, 0.3) is 5.69 Å². The molecule has 3 rings (SSSR count). The number of ether oxygens (including phenoxy) is 1. The maximum absolute atomic E-state index is 14.6. The zero-order valence-electron chi connectivity index (χ0n) is 14.6. The highest BCUT2D eigenvalue weighted by Gasteiger charge is 2.36. The predicted molar refractivity (Wildman–Crippen MR) is 93.8 cm³/mol. The number of hydrogen-bond acceptors (Lipinski definition) is 6. The summed E-state index contributed by atoms with van der Waals surface area (Å²) in [5.41, 5.74) is 3.79. The topological polar surface area (TPSA) is 90.9 Å². The highest BCUT2D eigenvalue weighted by Crippen LogP contribution is 2.33. The van der Waals surface area contributed by atoms with Crippen molar-refractivity contribution in [1.29, 1.82) is 0 Å². The number of anilines is 2. The van der Waals surface area contributed by atoms with Crippen LogP contribution in [0, 0.1) is 11.6 Å². The number of methoxy groups -OCH3 is 1. The maximum atomic E-state index is 14.6. The molecule has 0 saturated carbocycles. The molecule has 13 heteroatoms. The number of benzene rings is 1. The van der Waals surface area contributed by atoms with Gasteiger partial charge in [-0.1, -0.05) is 0 Å². The number of nitrogens with two attached hydrogens (primary N) is 1. The van der Waals surface area contributed by atoms with Crippen molar-refractivity contribution >= 4 is 23.1 Å². The molecule has 0 radical (unpaired) electrons. The summed E-state index contributed by atoms with van der Waals surface area (Å²) in [6.45, 7) is -0.101. The number of halogens is 6. The average molecular weight is 435 g/mol. The first kappa shape index (κ1) is 20.6. The Morgan fingerprint density at radius 2 is 1.86 bits per heavy atom. The number of nitrogen functional groups attached to an aromatic ring is 1. The lowest BCUT2D eigenvalue weighted by molar-refractivity contribution is -0.141. The summed E-state index contributed by atoms with van der Waals surface area (Å²) < 4.78 is 72.9. The van der Waals surface area contributed by atoms with Gasteiger partial charge in [-0.05, 0) is 29.3 Å². The van der Waals surface area contributed by atoms with E-state index in [4.69, 9.17) is 22.1 Å². The van der Waals surface area contributed by atoms with E-state index in [0.29, 0.717) is 10.7 Å². The van der Waals surface area contributed by atoms with Crippen molar-refractivity contribution in [1.82, 2.24) is 19.7 Å². The van der Waals surface area contributed by atoms with Crippen molar-refractivity contribution in [3.05, 3.63) is 52.6 Å². The number of nitrogens with zero attached hydrogens (tertiary/aromatic N) is 4. The van der Waals surface area contributed by atoms with Gasteiger partial charge in [-0.2, -0.15) is 27.9 Å². The highest BCUT2D eigenvalue weighted by atomic mass is 35.5. The zero-order chi connectivity index (χ0) is 21.3. The first-order chi connectivity index (χ1) is 13.6. The van der Waals surface area contributed by atoms with Gasteiger partial charge in [0.15, 0.2) is 23.1 Å². The summed E-state index contributed by atoms with van der Waals surface area (Å²) in [7, 11) is 1.05. The Hall–Kier alpha value is -3.15. The van der Waals surface area contributed by atoms with Gasteiger partial charge in [-0.15, -0.1) is 0 Å². The van der Waals surface area contributed by atoms with E-state index in [2.05, 4.69) is 20.4 Å². The van der Waals surface area contributed by atoms with E-state index in [0.717, 1.165) is 19.2 Å². The van der Waals surface area contributed by atoms with Gasteiger partial charge in [-0.25, -0.2) is 13.8 Å². The van der Waals surface area contributed by atoms with E-state index in [1.54, 1.807) is 0 Å². The number of alkyl halides is 3. The second-order valence-corrected chi connectivity index (χ2v) is 6.02. The zero-order valence-corrected chi connectivity index (χ0v) is 15.3. The first-order valence-corrected chi connectivity index (χ1v) is 8.19. The van der Waals surface area contributed by atoms with Crippen molar-refractivity contribution in [3.63, 3.8) is 0 Å². The van der Waals surface area contributed by atoms with Crippen LogP contribution in [0.4, 0.5) is 33.5 Å². The molecule has 0 bridgehead atoms. The van der Waals surface area contributed by atoms with E-state index in [-0.39, 0.29) is 28.9 Å². The predicted octanol–water partition coefficient (Wildman–Crippen LogP) is 3.82. The van der Waals surface area contributed by atoms with Crippen molar-refractivity contribution in [2.24, 2.45) is 0 Å². The van der Waals surface area contributed by atoms with Crippen LogP contribution >= 0.6 is 11.6 Å². The Kier molecular flexibility index (Phi) is 5.46. The van der Waals surface area contributed by atoms with Crippen molar-refractivity contribution in [2.75, 3.05) is 18.2 Å². The van der Waals surface area contributed by atoms with Crippen LogP contribution in [0.2, 0.25) is 5.28 Å². The lowest BCUT2D eigenvalue weighted by Crippen LogP contribution is -2.11. The lowest BCUT2D eigenvalue weighted by atomic mass is 10.2.